The molecule has 0 aromatic heterocycles. The second kappa shape index (κ2) is 6.47. The number of benzene rings is 1. The lowest BCUT2D eigenvalue weighted by molar-refractivity contribution is 0.914. The number of nitrogens with one attached hydrogen (secondary N) is 1. The SMILES string of the molecule is CSCC(C)Nc1cc(Br)ccc1C(N)=S. The summed E-state index contributed by atoms with van der Waals surface area (Å²) in [4.78, 5) is 0.423. The van der Waals surface area contributed by atoms with Crippen LogP contribution in [0.15, 0.2) is 22.7 Å². The minimum absolute atomic E-state index is 0.386. The van der Waals surface area contributed by atoms with Crippen LogP contribution in [-0.2, 0) is 0 Å². The van der Waals surface area contributed by atoms with Crippen molar-refractivity contribution in [3.05, 3.63) is 28.2 Å². The maximum absolute atomic E-state index is 5.69. The van der Waals surface area contributed by atoms with Gasteiger partial charge < -0.3 is 11.1 Å². The van der Waals surface area contributed by atoms with Gasteiger partial charge in [-0.15, -0.1) is 0 Å². The Balaban J connectivity index is 2.92. The summed E-state index contributed by atoms with van der Waals surface area (Å²) in [6, 6.07) is 6.27. The smallest absolute Gasteiger partial charge is 0.106 e. The average Bonchev–Trinajstić information content (AvgIpc) is 2.17. The average molecular weight is 319 g/mol. The molecule has 1 rings (SSSR count). The largest absolute Gasteiger partial charge is 0.389 e. The molecule has 1 aromatic rings. The highest BCUT2D eigenvalue weighted by Crippen LogP contribution is 2.22. The molecule has 0 fully saturated rings. The second-order valence-electron chi connectivity index (χ2n) is 3.55. The van der Waals surface area contributed by atoms with Gasteiger partial charge in [0.05, 0.1) is 0 Å². The van der Waals surface area contributed by atoms with E-state index in [1.165, 1.54) is 0 Å². The molecule has 0 aliphatic carbocycles. The lowest BCUT2D eigenvalue weighted by atomic mass is 10.1. The van der Waals surface area contributed by atoms with E-state index in [1.807, 2.05) is 30.0 Å². The van der Waals surface area contributed by atoms with Crippen molar-refractivity contribution in [1.82, 2.24) is 0 Å². The van der Waals surface area contributed by atoms with Crippen molar-refractivity contribution >= 4 is 50.6 Å². The maximum atomic E-state index is 5.69. The summed E-state index contributed by atoms with van der Waals surface area (Å²) in [5, 5.41) is 3.42. The molecule has 0 aliphatic rings. The maximum Gasteiger partial charge on any atom is 0.106 e. The Labute approximate surface area is 114 Å². The minimum Gasteiger partial charge on any atom is -0.389 e. The molecule has 0 bridgehead atoms. The quantitative estimate of drug-likeness (QED) is 0.817. The molecule has 16 heavy (non-hydrogen) atoms. The highest BCUT2D eigenvalue weighted by atomic mass is 79.9. The molecule has 0 saturated carbocycles. The summed E-state index contributed by atoms with van der Waals surface area (Å²) in [7, 11) is 0. The predicted octanol–water partition coefficient (Wildman–Crippen LogP) is 3.25. The fourth-order valence-corrected chi connectivity index (χ4v) is 2.53. The molecule has 0 spiro atoms. The highest BCUT2D eigenvalue weighted by Gasteiger charge is 2.08. The molecule has 0 saturated heterocycles. The molecule has 1 unspecified atom stereocenters. The number of thioether (sulfide) groups is 1. The Morgan fingerprint density at radius 2 is 2.31 bits per heavy atom. The van der Waals surface area contributed by atoms with Crippen molar-refractivity contribution in [2.45, 2.75) is 13.0 Å². The second-order valence-corrected chi connectivity index (χ2v) is 5.82. The molecule has 3 N–H and O–H groups in total. The van der Waals surface area contributed by atoms with Crippen molar-refractivity contribution in [3.63, 3.8) is 0 Å². The molecular weight excluding hydrogens is 304 g/mol. The molecule has 1 atom stereocenters. The van der Waals surface area contributed by atoms with Gasteiger partial charge >= 0.3 is 0 Å². The number of halogens is 1. The van der Waals surface area contributed by atoms with Gasteiger partial charge in [0.1, 0.15) is 4.99 Å². The van der Waals surface area contributed by atoms with E-state index in [4.69, 9.17) is 18.0 Å². The van der Waals surface area contributed by atoms with Crippen LogP contribution in [0.2, 0.25) is 0 Å². The van der Waals surface area contributed by atoms with Gasteiger partial charge in [0.15, 0.2) is 0 Å². The standard InChI is InChI=1S/C11H15BrN2S2/c1-7(6-16-2)14-10-5-8(12)3-4-9(10)11(13)15/h3-5,7,14H,6H2,1-2H3,(H2,13,15). The van der Waals surface area contributed by atoms with Gasteiger partial charge in [0, 0.05) is 27.5 Å². The van der Waals surface area contributed by atoms with Gasteiger partial charge in [0.2, 0.25) is 0 Å². The van der Waals surface area contributed by atoms with Crippen molar-refractivity contribution in [2.75, 3.05) is 17.3 Å². The van der Waals surface area contributed by atoms with E-state index in [2.05, 4.69) is 34.4 Å². The first-order chi connectivity index (χ1) is 7.54. The van der Waals surface area contributed by atoms with E-state index < -0.39 is 0 Å². The molecule has 0 amide bonds. The third-order valence-electron chi connectivity index (χ3n) is 2.07. The van der Waals surface area contributed by atoms with Crippen molar-refractivity contribution < 1.29 is 0 Å². The number of thiocarbonyl (C=S) groups is 1. The Bertz CT molecular complexity index is 382. The summed E-state index contributed by atoms with van der Waals surface area (Å²) in [5.41, 5.74) is 7.57. The van der Waals surface area contributed by atoms with Crippen molar-refractivity contribution in [3.8, 4) is 0 Å². The van der Waals surface area contributed by atoms with Crippen molar-refractivity contribution in [2.24, 2.45) is 5.73 Å². The van der Waals surface area contributed by atoms with Gasteiger partial charge in [-0.2, -0.15) is 11.8 Å². The Morgan fingerprint density at radius 3 is 2.88 bits per heavy atom. The highest BCUT2D eigenvalue weighted by molar-refractivity contribution is 9.10. The van der Waals surface area contributed by atoms with E-state index in [-0.39, 0.29) is 0 Å². The summed E-state index contributed by atoms with van der Waals surface area (Å²) in [6.45, 7) is 2.14. The first kappa shape index (κ1) is 13.8. The molecule has 0 heterocycles. The third-order valence-corrected chi connectivity index (χ3v) is 3.61. The molecule has 0 aliphatic heterocycles. The van der Waals surface area contributed by atoms with E-state index >= 15 is 0 Å². The van der Waals surface area contributed by atoms with Crippen LogP contribution in [0.3, 0.4) is 0 Å². The molecule has 2 nitrogen and oxygen atoms in total. The van der Waals surface area contributed by atoms with Gasteiger partial charge in [-0.25, -0.2) is 0 Å². The van der Waals surface area contributed by atoms with Gasteiger partial charge in [-0.3, -0.25) is 0 Å². The normalized spacial score (nSPS) is 12.2. The first-order valence-electron chi connectivity index (χ1n) is 4.89. The van der Waals surface area contributed by atoms with E-state index in [9.17, 15) is 0 Å². The molecular formula is C11H15BrN2S2. The summed E-state index contributed by atoms with van der Waals surface area (Å²) in [5.74, 6) is 1.04. The summed E-state index contributed by atoms with van der Waals surface area (Å²) in [6.07, 6.45) is 2.09. The monoisotopic (exact) mass is 318 g/mol. The predicted molar refractivity (Wildman–Crippen MR) is 81.5 cm³/mol. The topological polar surface area (TPSA) is 38.0 Å². The summed E-state index contributed by atoms with van der Waals surface area (Å²) < 4.78 is 1.02. The number of rotatable bonds is 5. The Hall–Kier alpha value is -0.260. The van der Waals surface area contributed by atoms with Crippen LogP contribution in [0.4, 0.5) is 5.69 Å². The fraction of sp³-hybridized carbons (Fsp3) is 0.364. The van der Waals surface area contributed by atoms with Crippen LogP contribution in [0.1, 0.15) is 12.5 Å². The molecule has 88 valence electrons. The van der Waals surface area contributed by atoms with Gasteiger partial charge in [-0.05, 0) is 31.4 Å². The van der Waals surface area contributed by atoms with E-state index in [0.717, 1.165) is 21.5 Å². The fourth-order valence-electron chi connectivity index (χ4n) is 1.41. The minimum atomic E-state index is 0.386. The van der Waals surface area contributed by atoms with E-state index in [0.29, 0.717) is 11.0 Å². The van der Waals surface area contributed by atoms with Crippen LogP contribution >= 0.6 is 39.9 Å². The lowest BCUT2D eigenvalue weighted by Gasteiger charge is -2.17. The zero-order valence-electron chi connectivity index (χ0n) is 9.29. The number of nitrogens with two attached hydrogens (primary N) is 1. The number of anilines is 1. The zero-order chi connectivity index (χ0) is 12.1. The number of hydrogen-bond donors (Lipinski definition) is 2. The van der Waals surface area contributed by atoms with Crippen LogP contribution < -0.4 is 11.1 Å². The van der Waals surface area contributed by atoms with Crippen LogP contribution in [-0.4, -0.2) is 23.0 Å². The van der Waals surface area contributed by atoms with Crippen LogP contribution in [0.5, 0.6) is 0 Å². The van der Waals surface area contributed by atoms with Crippen LogP contribution in [0, 0.1) is 0 Å². The summed E-state index contributed by atoms with van der Waals surface area (Å²) >= 11 is 10.3. The molecule has 1 aromatic carbocycles. The molecule has 5 heteroatoms. The lowest BCUT2D eigenvalue weighted by Crippen LogP contribution is -2.21. The van der Waals surface area contributed by atoms with Gasteiger partial charge in [-0.1, -0.05) is 28.1 Å². The molecule has 0 radical (unpaired) electrons. The first-order valence-corrected chi connectivity index (χ1v) is 7.49. The third kappa shape index (κ3) is 3.96. The zero-order valence-corrected chi connectivity index (χ0v) is 12.5. The Kier molecular flexibility index (Phi) is 5.58. The Morgan fingerprint density at radius 1 is 1.62 bits per heavy atom. The van der Waals surface area contributed by atoms with E-state index in [1.54, 1.807) is 0 Å². The van der Waals surface area contributed by atoms with Crippen LogP contribution in [0.25, 0.3) is 0 Å². The van der Waals surface area contributed by atoms with Gasteiger partial charge in [0.25, 0.3) is 0 Å². The number of hydrogen-bond acceptors (Lipinski definition) is 3. The van der Waals surface area contributed by atoms with Crippen molar-refractivity contribution in [1.29, 1.82) is 0 Å².